The number of hydrogen-bond donors (Lipinski definition) is 1. The Morgan fingerprint density at radius 3 is 2.40 bits per heavy atom. The van der Waals surface area contributed by atoms with Crippen molar-refractivity contribution in [3.63, 3.8) is 0 Å². The van der Waals surface area contributed by atoms with Crippen LogP contribution >= 0.6 is 0 Å². The van der Waals surface area contributed by atoms with E-state index in [0.717, 1.165) is 17.7 Å². The minimum absolute atomic E-state index is 0.467. The second-order valence-electron chi connectivity index (χ2n) is 4.27. The maximum absolute atomic E-state index is 12.5. The van der Waals surface area contributed by atoms with Gasteiger partial charge in [0.25, 0.3) is 0 Å². The van der Waals surface area contributed by atoms with Gasteiger partial charge in [-0.1, -0.05) is 18.2 Å². The van der Waals surface area contributed by atoms with E-state index < -0.39 is 11.7 Å². The lowest BCUT2D eigenvalue weighted by atomic mass is 10.1. The highest BCUT2D eigenvalue weighted by atomic mass is 19.4. The van der Waals surface area contributed by atoms with Crippen LogP contribution < -0.4 is 5.32 Å². The van der Waals surface area contributed by atoms with Crippen LogP contribution in [-0.4, -0.2) is 31.5 Å². The molecule has 110 valence electrons. The molecule has 3 nitrogen and oxygen atoms in total. The van der Waals surface area contributed by atoms with Gasteiger partial charge in [-0.15, -0.1) is 6.58 Å². The minimum atomic E-state index is -4.30. The Hall–Kier alpha value is -1.98. The van der Waals surface area contributed by atoms with Gasteiger partial charge in [0.1, 0.15) is 0 Å². The van der Waals surface area contributed by atoms with Crippen molar-refractivity contribution in [3.05, 3.63) is 48.0 Å². The first-order valence-electron chi connectivity index (χ1n) is 6.07. The molecule has 0 atom stereocenters. The Morgan fingerprint density at radius 1 is 1.35 bits per heavy atom. The Morgan fingerprint density at radius 2 is 1.95 bits per heavy atom. The van der Waals surface area contributed by atoms with Crippen molar-refractivity contribution in [1.29, 1.82) is 0 Å². The van der Waals surface area contributed by atoms with Crippen LogP contribution in [0, 0.1) is 0 Å². The first-order valence-corrected chi connectivity index (χ1v) is 6.07. The maximum atomic E-state index is 12.5. The number of nitrogens with one attached hydrogen (secondary N) is 1. The van der Waals surface area contributed by atoms with Crippen LogP contribution in [-0.2, 0) is 12.7 Å². The van der Waals surface area contributed by atoms with E-state index in [-0.39, 0.29) is 0 Å². The van der Waals surface area contributed by atoms with Crippen molar-refractivity contribution in [3.8, 4) is 0 Å². The van der Waals surface area contributed by atoms with Crippen molar-refractivity contribution in [2.24, 2.45) is 4.99 Å². The third-order valence-electron chi connectivity index (χ3n) is 2.68. The molecular weight excluding hydrogens is 267 g/mol. The third kappa shape index (κ3) is 4.60. The Labute approximate surface area is 116 Å². The number of hydrogen-bond acceptors (Lipinski definition) is 1. The predicted molar refractivity (Wildman–Crippen MR) is 74.5 cm³/mol. The van der Waals surface area contributed by atoms with E-state index in [1.165, 1.54) is 12.1 Å². The monoisotopic (exact) mass is 285 g/mol. The van der Waals surface area contributed by atoms with Crippen LogP contribution in [0.15, 0.2) is 41.9 Å². The van der Waals surface area contributed by atoms with Crippen LogP contribution in [0.5, 0.6) is 0 Å². The Balaban J connectivity index is 2.70. The lowest BCUT2D eigenvalue weighted by molar-refractivity contribution is -0.137. The van der Waals surface area contributed by atoms with Crippen LogP contribution in [0.2, 0.25) is 0 Å². The van der Waals surface area contributed by atoms with Crippen LogP contribution in [0.25, 0.3) is 0 Å². The average Bonchev–Trinajstić information content (AvgIpc) is 2.39. The van der Waals surface area contributed by atoms with Crippen molar-refractivity contribution >= 4 is 5.96 Å². The lowest BCUT2D eigenvalue weighted by Gasteiger charge is -2.21. The highest BCUT2D eigenvalue weighted by molar-refractivity contribution is 5.79. The summed E-state index contributed by atoms with van der Waals surface area (Å²) < 4.78 is 37.4. The molecule has 0 aliphatic carbocycles. The fourth-order valence-electron chi connectivity index (χ4n) is 1.70. The standard InChI is InChI=1S/C14H18F3N3/c1-4-9-19-13(18-2)20(3)10-11-5-7-12(8-6-11)14(15,16)17/h4-8H,1,9-10H2,2-3H3,(H,18,19). The summed E-state index contributed by atoms with van der Waals surface area (Å²) in [5.74, 6) is 0.657. The van der Waals surface area contributed by atoms with Gasteiger partial charge in [-0.05, 0) is 17.7 Å². The molecule has 0 radical (unpaired) electrons. The first-order chi connectivity index (χ1) is 9.38. The van der Waals surface area contributed by atoms with Crippen LogP contribution in [0.4, 0.5) is 13.2 Å². The Kier molecular flexibility index (Phi) is 5.61. The summed E-state index contributed by atoms with van der Waals surface area (Å²) in [6.07, 6.45) is -2.59. The van der Waals surface area contributed by atoms with Gasteiger partial charge in [0.2, 0.25) is 0 Å². The van der Waals surface area contributed by atoms with Crippen molar-refractivity contribution in [1.82, 2.24) is 10.2 Å². The largest absolute Gasteiger partial charge is 0.416 e. The summed E-state index contributed by atoms with van der Waals surface area (Å²) in [4.78, 5) is 5.91. The van der Waals surface area contributed by atoms with Crippen molar-refractivity contribution < 1.29 is 13.2 Å². The molecule has 20 heavy (non-hydrogen) atoms. The predicted octanol–water partition coefficient (Wildman–Crippen LogP) is 2.90. The van der Waals surface area contributed by atoms with Gasteiger partial charge in [-0.25, -0.2) is 0 Å². The summed E-state index contributed by atoms with van der Waals surface area (Å²) in [5, 5.41) is 3.05. The molecule has 0 saturated heterocycles. The van der Waals surface area contributed by atoms with Gasteiger partial charge < -0.3 is 10.2 Å². The first kappa shape index (κ1) is 16.1. The van der Waals surface area contributed by atoms with Gasteiger partial charge in [-0.2, -0.15) is 13.2 Å². The zero-order valence-corrected chi connectivity index (χ0v) is 11.5. The smallest absolute Gasteiger partial charge is 0.353 e. The maximum Gasteiger partial charge on any atom is 0.416 e. The molecule has 0 aromatic heterocycles. The number of nitrogens with zero attached hydrogens (tertiary/aromatic N) is 2. The van der Waals surface area contributed by atoms with E-state index in [0.29, 0.717) is 19.0 Å². The molecule has 0 amide bonds. The summed E-state index contributed by atoms with van der Waals surface area (Å²) >= 11 is 0. The van der Waals surface area contributed by atoms with E-state index in [2.05, 4.69) is 16.9 Å². The van der Waals surface area contributed by atoms with Gasteiger partial charge >= 0.3 is 6.18 Å². The number of aliphatic imine (C=N–C) groups is 1. The summed E-state index contributed by atoms with van der Waals surface area (Å²) in [7, 11) is 3.46. The summed E-state index contributed by atoms with van der Waals surface area (Å²) in [6.45, 7) is 4.64. The molecule has 1 N–H and O–H groups in total. The van der Waals surface area contributed by atoms with E-state index >= 15 is 0 Å². The quantitative estimate of drug-likeness (QED) is 0.523. The summed E-state index contributed by atoms with van der Waals surface area (Å²) in [5.41, 5.74) is 0.139. The van der Waals surface area contributed by atoms with Gasteiger partial charge in [0.15, 0.2) is 5.96 Å². The normalized spacial score (nSPS) is 12.2. The Bertz CT molecular complexity index is 464. The molecule has 0 fully saturated rings. The number of halogens is 3. The SMILES string of the molecule is C=CCNC(=NC)N(C)Cc1ccc(C(F)(F)F)cc1. The fourth-order valence-corrected chi connectivity index (χ4v) is 1.70. The molecule has 0 unspecified atom stereocenters. The topological polar surface area (TPSA) is 27.6 Å². The van der Waals surface area contributed by atoms with E-state index in [4.69, 9.17) is 0 Å². The lowest BCUT2D eigenvalue weighted by Crippen LogP contribution is -2.38. The second-order valence-corrected chi connectivity index (χ2v) is 4.27. The highest BCUT2D eigenvalue weighted by Crippen LogP contribution is 2.29. The molecule has 1 aromatic rings. The molecular formula is C14H18F3N3. The molecule has 1 aromatic carbocycles. The number of alkyl halides is 3. The molecule has 0 aliphatic rings. The number of benzene rings is 1. The molecule has 0 bridgehead atoms. The van der Waals surface area contributed by atoms with Gasteiger partial charge in [0, 0.05) is 27.2 Å². The molecule has 0 saturated carbocycles. The van der Waals surface area contributed by atoms with Gasteiger partial charge in [-0.3, -0.25) is 4.99 Å². The number of guanidine groups is 1. The van der Waals surface area contributed by atoms with Crippen LogP contribution in [0.3, 0.4) is 0 Å². The van der Waals surface area contributed by atoms with E-state index in [1.807, 2.05) is 11.9 Å². The molecule has 0 spiro atoms. The third-order valence-corrected chi connectivity index (χ3v) is 2.68. The molecule has 0 heterocycles. The zero-order valence-electron chi connectivity index (χ0n) is 11.5. The fraction of sp³-hybridized carbons (Fsp3) is 0.357. The molecule has 6 heteroatoms. The second kappa shape index (κ2) is 6.98. The highest BCUT2D eigenvalue weighted by Gasteiger charge is 2.29. The zero-order chi connectivity index (χ0) is 15.2. The van der Waals surface area contributed by atoms with Crippen molar-refractivity contribution in [2.45, 2.75) is 12.7 Å². The minimum Gasteiger partial charge on any atom is -0.353 e. The molecule has 1 rings (SSSR count). The van der Waals surface area contributed by atoms with Crippen molar-refractivity contribution in [2.75, 3.05) is 20.6 Å². The van der Waals surface area contributed by atoms with E-state index in [1.54, 1.807) is 13.1 Å². The van der Waals surface area contributed by atoms with Gasteiger partial charge in [0.05, 0.1) is 5.56 Å². The van der Waals surface area contributed by atoms with Crippen LogP contribution in [0.1, 0.15) is 11.1 Å². The molecule has 0 aliphatic heterocycles. The average molecular weight is 285 g/mol. The van der Waals surface area contributed by atoms with E-state index in [9.17, 15) is 13.2 Å². The summed E-state index contributed by atoms with van der Waals surface area (Å²) in [6, 6.07) is 5.12. The number of rotatable bonds is 4.